The third kappa shape index (κ3) is 33.5. The van der Waals surface area contributed by atoms with E-state index in [9.17, 15) is 29.6 Å². The van der Waals surface area contributed by atoms with E-state index in [-0.39, 0.29) is 25.5 Å². The van der Waals surface area contributed by atoms with Gasteiger partial charge in [0.2, 0.25) is 5.91 Å². The number of nitrogens with one attached hydrogen (secondary N) is 1. The fourth-order valence-corrected chi connectivity index (χ4v) is 6.56. The predicted octanol–water partition coefficient (Wildman–Crippen LogP) is 8.91. The summed E-state index contributed by atoms with van der Waals surface area (Å²) < 4.78 is 23.4. The summed E-state index contributed by atoms with van der Waals surface area (Å²) in [4.78, 5) is 23.1. The Labute approximate surface area is 319 Å². The van der Waals surface area contributed by atoms with Crippen molar-refractivity contribution in [3.8, 4) is 0 Å². The van der Waals surface area contributed by atoms with Crippen molar-refractivity contribution in [1.29, 1.82) is 0 Å². The number of amides is 1. The van der Waals surface area contributed by atoms with Gasteiger partial charge in [0, 0.05) is 6.42 Å². The fraction of sp³-hybridized carbons (Fsp3) is 0.878. The highest BCUT2D eigenvalue weighted by atomic mass is 31.2. The monoisotopic (exact) mass is 762 g/mol. The van der Waals surface area contributed by atoms with E-state index in [1.165, 1.54) is 70.6 Å². The largest absolute Gasteiger partial charge is 0.472 e. The predicted molar refractivity (Wildman–Crippen MR) is 215 cm³/mol. The molecule has 0 aliphatic rings. The van der Waals surface area contributed by atoms with Gasteiger partial charge in [-0.15, -0.1) is 0 Å². The molecule has 0 aromatic carbocycles. The number of nitrogens with zero attached hydrogens (tertiary/aromatic N) is 1. The molecule has 10 nitrogen and oxygen atoms in total. The summed E-state index contributed by atoms with van der Waals surface area (Å²) >= 11 is 0. The molecule has 0 rings (SSSR count). The number of quaternary nitrogens is 1. The number of carbonyl (C=O) groups excluding carboxylic acids is 1. The number of likely N-dealkylation sites (N-methyl/N-ethyl adjacent to an activating group) is 1. The number of rotatable bonds is 37. The third-order valence-corrected chi connectivity index (χ3v) is 10.4. The summed E-state index contributed by atoms with van der Waals surface area (Å²) in [7, 11) is 1.47. The van der Waals surface area contributed by atoms with Crippen LogP contribution in [0.5, 0.6) is 0 Å². The Morgan fingerprint density at radius 2 is 1.21 bits per heavy atom. The number of unbranched alkanes of at least 4 members (excludes halogenated alkanes) is 18. The quantitative estimate of drug-likeness (QED) is 0.0183. The second-order valence-corrected chi connectivity index (χ2v) is 17.1. The molecule has 5 N–H and O–H groups in total. The number of hydrogen-bond donors (Lipinski definition) is 5. The maximum Gasteiger partial charge on any atom is 0.472 e. The van der Waals surface area contributed by atoms with Crippen LogP contribution in [-0.4, -0.2) is 95.9 Å². The van der Waals surface area contributed by atoms with E-state index in [0.29, 0.717) is 30.3 Å². The minimum Gasteiger partial charge on any atom is -0.390 e. The van der Waals surface area contributed by atoms with Gasteiger partial charge < -0.3 is 30.0 Å². The highest BCUT2D eigenvalue weighted by molar-refractivity contribution is 7.47. The standard InChI is InChI=1S/C41H81N2O8P/c1-6-8-10-12-14-15-16-17-18-19-20-23-26-30-38(44)37(36-51-52(48,49)50-35-34-43(3,4)5)42-41(47)33-29-25-21-24-28-32-40(46)39(45)31-27-22-13-11-9-7-2/h22,26-27,30,37-40,44-46H,6-21,23-25,28-29,31-36H2,1-5H3,(H-,42,47,48,49)/p+1/b27-22-,30-26+/t37-,38+,39-,40-/m0/s1. The van der Waals surface area contributed by atoms with Crippen LogP contribution in [0.4, 0.5) is 0 Å². The van der Waals surface area contributed by atoms with Crippen molar-refractivity contribution in [3.05, 3.63) is 24.3 Å². The van der Waals surface area contributed by atoms with Gasteiger partial charge >= 0.3 is 7.82 Å². The van der Waals surface area contributed by atoms with Crippen molar-refractivity contribution in [3.63, 3.8) is 0 Å². The van der Waals surface area contributed by atoms with Crippen molar-refractivity contribution in [2.45, 2.75) is 192 Å². The molecule has 0 radical (unpaired) electrons. The normalized spacial score (nSPS) is 15.9. The first-order chi connectivity index (χ1) is 24.8. The molecule has 1 unspecified atom stereocenters. The van der Waals surface area contributed by atoms with Gasteiger partial charge in [0.05, 0.1) is 52.1 Å². The molecule has 52 heavy (non-hydrogen) atoms. The smallest absolute Gasteiger partial charge is 0.390 e. The Kier molecular flexibility index (Phi) is 32.6. The van der Waals surface area contributed by atoms with Crippen molar-refractivity contribution in [2.75, 3.05) is 40.9 Å². The average molecular weight is 762 g/mol. The maximum absolute atomic E-state index is 12.8. The molecule has 0 heterocycles. The second-order valence-electron chi connectivity index (χ2n) is 15.7. The molecule has 0 spiro atoms. The number of carbonyl (C=O) groups is 1. The summed E-state index contributed by atoms with van der Waals surface area (Å²) in [6.45, 7) is 4.60. The number of hydrogen-bond acceptors (Lipinski definition) is 7. The van der Waals surface area contributed by atoms with Gasteiger partial charge in [0.25, 0.3) is 0 Å². The number of aliphatic hydroxyl groups excluding tert-OH is 3. The molecule has 0 aromatic heterocycles. The highest BCUT2D eigenvalue weighted by Gasteiger charge is 2.27. The third-order valence-electron chi connectivity index (χ3n) is 9.37. The lowest BCUT2D eigenvalue weighted by Crippen LogP contribution is -2.45. The zero-order valence-electron chi connectivity index (χ0n) is 34.0. The van der Waals surface area contributed by atoms with Crippen LogP contribution in [-0.2, 0) is 18.4 Å². The molecule has 0 fully saturated rings. The summed E-state index contributed by atoms with van der Waals surface area (Å²) in [5.41, 5.74) is 0. The Morgan fingerprint density at radius 1 is 0.692 bits per heavy atom. The van der Waals surface area contributed by atoms with Gasteiger partial charge in [0.15, 0.2) is 0 Å². The van der Waals surface area contributed by atoms with E-state index in [2.05, 4.69) is 25.2 Å². The average Bonchev–Trinajstić information content (AvgIpc) is 3.08. The molecule has 0 aromatic rings. The van der Waals surface area contributed by atoms with Gasteiger partial charge in [-0.05, 0) is 44.9 Å². The van der Waals surface area contributed by atoms with Crippen molar-refractivity contribution in [2.24, 2.45) is 0 Å². The number of allylic oxidation sites excluding steroid dienone is 2. The van der Waals surface area contributed by atoms with Crippen LogP contribution in [0, 0.1) is 0 Å². The minimum absolute atomic E-state index is 0.0335. The first-order valence-corrected chi connectivity index (χ1v) is 22.4. The lowest BCUT2D eigenvalue weighted by atomic mass is 10.0. The van der Waals surface area contributed by atoms with Crippen molar-refractivity contribution in [1.82, 2.24) is 5.32 Å². The molecule has 0 aliphatic carbocycles. The molecule has 0 saturated heterocycles. The first-order valence-electron chi connectivity index (χ1n) is 20.9. The maximum atomic E-state index is 12.8. The topological polar surface area (TPSA) is 146 Å². The number of aliphatic hydroxyl groups is 3. The summed E-state index contributed by atoms with van der Waals surface area (Å²) in [5, 5.41) is 34.2. The van der Waals surface area contributed by atoms with Crippen LogP contribution in [0.2, 0.25) is 0 Å². The van der Waals surface area contributed by atoms with Crippen molar-refractivity contribution < 1.29 is 43.1 Å². The van der Waals surface area contributed by atoms with Crippen molar-refractivity contribution >= 4 is 13.7 Å². The number of phosphoric acid groups is 1. The summed E-state index contributed by atoms with van der Waals surface area (Å²) in [6.07, 6.45) is 29.7. The van der Waals surface area contributed by atoms with E-state index in [1.807, 2.05) is 33.3 Å². The van der Waals surface area contributed by atoms with Crippen LogP contribution >= 0.6 is 7.82 Å². The molecule has 0 bridgehead atoms. The number of phosphoric ester groups is 1. The molecule has 308 valence electrons. The lowest BCUT2D eigenvalue weighted by Gasteiger charge is -2.25. The fourth-order valence-electron chi connectivity index (χ4n) is 5.83. The molecule has 0 aliphatic heterocycles. The van der Waals surface area contributed by atoms with Crippen LogP contribution < -0.4 is 5.32 Å². The van der Waals surface area contributed by atoms with E-state index in [1.54, 1.807) is 6.08 Å². The zero-order valence-corrected chi connectivity index (χ0v) is 34.9. The minimum atomic E-state index is -4.37. The van der Waals surface area contributed by atoms with Gasteiger partial charge in [-0.3, -0.25) is 13.8 Å². The summed E-state index contributed by atoms with van der Waals surface area (Å²) in [5.74, 6) is -0.258. The van der Waals surface area contributed by atoms with Crippen LogP contribution in [0.15, 0.2) is 24.3 Å². The molecular formula is C41H82N2O8P+. The Hall–Kier alpha value is -1.10. The molecule has 5 atom stereocenters. The van der Waals surface area contributed by atoms with Gasteiger partial charge in [0.1, 0.15) is 13.2 Å². The van der Waals surface area contributed by atoms with E-state index >= 15 is 0 Å². The Morgan fingerprint density at radius 3 is 1.83 bits per heavy atom. The van der Waals surface area contributed by atoms with Crippen LogP contribution in [0.25, 0.3) is 0 Å². The summed E-state index contributed by atoms with van der Waals surface area (Å²) in [6, 6.07) is -0.900. The van der Waals surface area contributed by atoms with E-state index < -0.39 is 32.2 Å². The van der Waals surface area contributed by atoms with Gasteiger partial charge in [-0.1, -0.05) is 141 Å². The molecule has 0 saturated carbocycles. The zero-order chi connectivity index (χ0) is 38.9. The molecule has 1 amide bonds. The van der Waals surface area contributed by atoms with E-state index in [0.717, 1.165) is 57.8 Å². The van der Waals surface area contributed by atoms with Crippen LogP contribution in [0.1, 0.15) is 168 Å². The Bertz CT molecular complexity index is 942. The molecular weight excluding hydrogens is 679 g/mol. The van der Waals surface area contributed by atoms with Gasteiger partial charge in [-0.2, -0.15) is 0 Å². The SMILES string of the molecule is CCCCC/C=C\C[C@H](O)[C@@H](O)CCCCCCCC(=O)N[C@@H](COP(=O)(O)OCC[N+](C)(C)C)[C@H](O)/C=C/CCCCCCCCCCCCC. The molecule has 11 heteroatoms. The second kappa shape index (κ2) is 33.3. The van der Waals surface area contributed by atoms with Gasteiger partial charge in [-0.25, -0.2) is 4.57 Å². The Balaban J connectivity index is 4.61. The van der Waals surface area contributed by atoms with Crippen LogP contribution in [0.3, 0.4) is 0 Å². The first kappa shape index (κ1) is 50.9. The van der Waals surface area contributed by atoms with E-state index in [4.69, 9.17) is 9.05 Å². The highest BCUT2D eigenvalue weighted by Crippen LogP contribution is 2.43. The lowest BCUT2D eigenvalue weighted by molar-refractivity contribution is -0.870.